The smallest absolute Gasteiger partial charge is 0.144 e. The second kappa shape index (κ2) is 7.25. The van der Waals surface area contributed by atoms with Crippen LogP contribution in [0.1, 0.15) is 26.7 Å². The van der Waals surface area contributed by atoms with E-state index in [4.69, 9.17) is 45.7 Å². The third kappa shape index (κ3) is 4.62. The van der Waals surface area contributed by atoms with Crippen molar-refractivity contribution in [2.45, 2.75) is 26.7 Å². The number of hydrogen-bond acceptors (Lipinski definition) is 3. The summed E-state index contributed by atoms with van der Waals surface area (Å²) in [7, 11) is 0. The van der Waals surface area contributed by atoms with Crippen molar-refractivity contribution >= 4 is 46.3 Å². The summed E-state index contributed by atoms with van der Waals surface area (Å²) >= 11 is 17.9. The van der Waals surface area contributed by atoms with Crippen LogP contribution in [0.4, 0.5) is 5.69 Å². The number of halogens is 3. The first-order valence-corrected chi connectivity index (χ1v) is 7.27. The Bertz CT molecular complexity index is 504. The molecule has 1 aromatic rings. The fourth-order valence-electron chi connectivity index (χ4n) is 1.67. The van der Waals surface area contributed by atoms with Crippen LogP contribution >= 0.6 is 34.8 Å². The maximum absolute atomic E-state index is 8.70. The molecule has 7 heteroatoms. The standard InChI is InChI=1S/C13H18Cl3N3O/c1-13(2,12(17)19-20)4-3-5-18-11-7-9(15)8(14)6-10(11)16/h6-7,18,20H,3-5H2,1-2H3,(H2,17,19). The lowest BCUT2D eigenvalue weighted by molar-refractivity contribution is 0.305. The molecule has 1 aromatic carbocycles. The van der Waals surface area contributed by atoms with E-state index in [-0.39, 0.29) is 11.3 Å². The topological polar surface area (TPSA) is 70.6 Å². The van der Waals surface area contributed by atoms with Crippen molar-refractivity contribution in [3.8, 4) is 0 Å². The number of hydrogen-bond donors (Lipinski definition) is 3. The summed E-state index contributed by atoms with van der Waals surface area (Å²) in [5.41, 5.74) is 6.02. The number of anilines is 1. The Hall–Kier alpha value is -0.840. The first kappa shape index (κ1) is 17.2. The van der Waals surface area contributed by atoms with Gasteiger partial charge in [-0.1, -0.05) is 53.8 Å². The molecule has 0 saturated heterocycles. The normalized spacial score (nSPS) is 12.6. The van der Waals surface area contributed by atoms with Crippen LogP contribution in [0.3, 0.4) is 0 Å². The third-order valence-electron chi connectivity index (χ3n) is 3.11. The Labute approximate surface area is 133 Å². The van der Waals surface area contributed by atoms with Gasteiger partial charge in [-0.2, -0.15) is 0 Å². The highest BCUT2D eigenvalue weighted by molar-refractivity contribution is 6.44. The Morgan fingerprint density at radius 1 is 1.25 bits per heavy atom. The maximum Gasteiger partial charge on any atom is 0.144 e. The zero-order valence-electron chi connectivity index (χ0n) is 11.4. The van der Waals surface area contributed by atoms with Crippen molar-refractivity contribution in [2.24, 2.45) is 16.3 Å². The number of benzene rings is 1. The van der Waals surface area contributed by atoms with Crippen LogP contribution in [0.5, 0.6) is 0 Å². The summed E-state index contributed by atoms with van der Waals surface area (Å²) in [5.74, 6) is 0.227. The van der Waals surface area contributed by atoms with Crippen molar-refractivity contribution in [1.82, 2.24) is 0 Å². The van der Waals surface area contributed by atoms with E-state index in [9.17, 15) is 0 Å². The van der Waals surface area contributed by atoms with Gasteiger partial charge in [-0.3, -0.25) is 0 Å². The van der Waals surface area contributed by atoms with Crippen LogP contribution in [0.2, 0.25) is 15.1 Å². The molecule has 0 radical (unpaired) electrons. The molecule has 0 unspecified atom stereocenters. The van der Waals surface area contributed by atoms with Crippen molar-refractivity contribution in [3.63, 3.8) is 0 Å². The predicted octanol–water partition coefficient (Wildman–Crippen LogP) is 4.61. The lowest BCUT2D eigenvalue weighted by Crippen LogP contribution is -2.32. The number of nitrogens with one attached hydrogen (secondary N) is 1. The molecule has 0 bridgehead atoms. The van der Waals surface area contributed by atoms with E-state index < -0.39 is 0 Å². The Morgan fingerprint density at radius 3 is 2.45 bits per heavy atom. The molecule has 0 spiro atoms. The number of nitrogens with zero attached hydrogens (tertiary/aromatic N) is 1. The average molecular weight is 339 g/mol. The number of amidine groups is 1. The van der Waals surface area contributed by atoms with Gasteiger partial charge in [0.1, 0.15) is 5.84 Å². The van der Waals surface area contributed by atoms with Gasteiger partial charge in [0.05, 0.1) is 20.8 Å². The van der Waals surface area contributed by atoms with E-state index in [0.29, 0.717) is 21.6 Å². The molecule has 1 rings (SSSR count). The van der Waals surface area contributed by atoms with E-state index in [2.05, 4.69) is 10.5 Å². The Kier molecular flexibility index (Phi) is 6.24. The highest BCUT2D eigenvalue weighted by atomic mass is 35.5. The molecule has 4 N–H and O–H groups in total. The van der Waals surface area contributed by atoms with Crippen molar-refractivity contribution in [1.29, 1.82) is 0 Å². The minimum absolute atomic E-state index is 0.227. The summed E-state index contributed by atoms with van der Waals surface area (Å²) in [6.45, 7) is 4.54. The average Bonchev–Trinajstić information content (AvgIpc) is 2.39. The molecule has 4 nitrogen and oxygen atoms in total. The van der Waals surface area contributed by atoms with Gasteiger partial charge in [0.2, 0.25) is 0 Å². The second-order valence-corrected chi connectivity index (χ2v) is 6.37. The van der Waals surface area contributed by atoms with Crippen LogP contribution in [-0.4, -0.2) is 17.6 Å². The summed E-state index contributed by atoms with van der Waals surface area (Å²) in [6, 6.07) is 3.30. The molecule has 112 valence electrons. The first-order valence-electron chi connectivity index (χ1n) is 6.14. The van der Waals surface area contributed by atoms with Crippen molar-refractivity contribution in [2.75, 3.05) is 11.9 Å². The fraction of sp³-hybridized carbons (Fsp3) is 0.462. The second-order valence-electron chi connectivity index (χ2n) is 5.15. The van der Waals surface area contributed by atoms with Crippen LogP contribution < -0.4 is 11.1 Å². The Morgan fingerprint density at radius 2 is 1.85 bits per heavy atom. The molecule has 0 aliphatic rings. The SMILES string of the molecule is CC(C)(CCCNc1cc(Cl)c(Cl)cc1Cl)C(N)=NO. The predicted molar refractivity (Wildman–Crippen MR) is 86.4 cm³/mol. The van der Waals surface area contributed by atoms with Crippen molar-refractivity contribution < 1.29 is 5.21 Å². The molecular formula is C13H18Cl3N3O. The highest BCUT2D eigenvalue weighted by Gasteiger charge is 2.22. The van der Waals surface area contributed by atoms with Crippen LogP contribution in [0.25, 0.3) is 0 Å². The molecule has 0 amide bonds. The number of nitrogens with two attached hydrogens (primary N) is 1. The zero-order chi connectivity index (χ0) is 15.3. The van der Waals surface area contributed by atoms with E-state index >= 15 is 0 Å². The molecule has 0 aliphatic heterocycles. The van der Waals surface area contributed by atoms with Gasteiger partial charge in [-0.15, -0.1) is 0 Å². The van der Waals surface area contributed by atoms with E-state index in [1.165, 1.54) is 0 Å². The van der Waals surface area contributed by atoms with Gasteiger partial charge in [-0.25, -0.2) is 0 Å². The van der Waals surface area contributed by atoms with Crippen molar-refractivity contribution in [3.05, 3.63) is 27.2 Å². The summed E-state index contributed by atoms with van der Waals surface area (Å²) in [4.78, 5) is 0. The van der Waals surface area contributed by atoms with Crippen LogP contribution in [-0.2, 0) is 0 Å². The maximum atomic E-state index is 8.70. The van der Waals surface area contributed by atoms with Gasteiger partial charge >= 0.3 is 0 Å². The van der Waals surface area contributed by atoms with E-state index in [1.807, 2.05) is 13.8 Å². The molecule has 0 saturated carbocycles. The minimum atomic E-state index is -0.349. The summed E-state index contributed by atoms with van der Waals surface area (Å²) < 4.78 is 0. The molecule has 20 heavy (non-hydrogen) atoms. The van der Waals surface area contributed by atoms with Gasteiger partial charge in [0, 0.05) is 12.0 Å². The molecule has 0 atom stereocenters. The Balaban J connectivity index is 2.52. The van der Waals surface area contributed by atoms with Crippen LogP contribution in [0.15, 0.2) is 17.3 Å². The molecule has 0 fully saturated rings. The fourth-order valence-corrected chi connectivity index (χ4v) is 2.29. The highest BCUT2D eigenvalue weighted by Crippen LogP contribution is 2.32. The van der Waals surface area contributed by atoms with Gasteiger partial charge in [-0.05, 0) is 25.0 Å². The molecule has 0 aromatic heterocycles. The van der Waals surface area contributed by atoms with Gasteiger partial charge in [0.25, 0.3) is 0 Å². The number of rotatable bonds is 6. The lowest BCUT2D eigenvalue weighted by atomic mass is 9.86. The first-order chi connectivity index (χ1) is 9.27. The van der Waals surface area contributed by atoms with Crippen LogP contribution in [0, 0.1) is 5.41 Å². The van der Waals surface area contributed by atoms with E-state index in [1.54, 1.807) is 12.1 Å². The molecular weight excluding hydrogens is 321 g/mol. The zero-order valence-corrected chi connectivity index (χ0v) is 13.6. The number of oxime groups is 1. The lowest BCUT2D eigenvalue weighted by Gasteiger charge is -2.22. The van der Waals surface area contributed by atoms with Gasteiger partial charge in [0.15, 0.2) is 0 Å². The molecule has 0 heterocycles. The van der Waals surface area contributed by atoms with E-state index in [0.717, 1.165) is 18.5 Å². The summed E-state index contributed by atoms with van der Waals surface area (Å²) in [5, 5.41) is 16.3. The summed E-state index contributed by atoms with van der Waals surface area (Å²) in [6.07, 6.45) is 1.61. The third-order valence-corrected chi connectivity index (χ3v) is 4.14. The van der Waals surface area contributed by atoms with Gasteiger partial charge < -0.3 is 16.3 Å². The largest absolute Gasteiger partial charge is 0.409 e. The quantitative estimate of drug-likeness (QED) is 0.177. The molecule has 0 aliphatic carbocycles. The monoisotopic (exact) mass is 337 g/mol. The minimum Gasteiger partial charge on any atom is -0.409 e.